The van der Waals surface area contributed by atoms with Crippen molar-refractivity contribution in [1.82, 2.24) is 20.2 Å². The predicted molar refractivity (Wildman–Crippen MR) is 99.2 cm³/mol. The highest BCUT2D eigenvalue weighted by Crippen LogP contribution is 2.29. The molecule has 138 valence electrons. The van der Waals surface area contributed by atoms with Gasteiger partial charge in [0.15, 0.2) is 5.52 Å². The number of likely N-dealkylation sites (tertiary alicyclic amines) is 1. The predicted octanol–water partition coefficient (Wildman–Crippen LogP) is 2.05. The highest BCUT2D eigenvalue weighted by molar-refractivity contribution is 5.85. The minimum absolute atomic E-state index is 0.100. The minimum Gasteiger partial charge on any atom is -0.488 e. The van der Waals surface area contributed by atoms with E-state index in [1.54, 1.807) is 6.07 Å². The van der Waals surface area contributed by atoms with Crippen LogP contribution in [0.4, 0.5) is 5.69 Å². The van der Waals surface area contributed by atoms with Gasteiger partial charge in [-0.1, -0.05) is 6.07 Å². The average molecular weight is 364 g/mol. The Morgan fingerprint density at radius 2 is 2.26 bits per heavy atom. The van der Waals surface area contributed by atoms with Gasteiger partial charge in [-0.15, -0.1) is 0 Å². The topological polar surface area (TPSA) is 114 Å². The first-order valence-electron chi connectivity index (χ1n) is 8.80. The number of benzene rings is 1. The molecule has 1 aromatic carbocycles. The maximum atomic E-state index is 9.41. The summed E-state index contributed by atoms with van der Waals surface area (Å²) < 4.78 is 10.9. The van der Waals surface area contributed by atoms with Crippen molar-refractivity contribution in [1.29, 1.82) is 5.26 Å². The number of nitrogens with two attached hydrogens (primary N) is 1. The summed E-state index contributed by atoms with van der Waals surface area (Å²) in [6.45, 7) is 3.75. The standard InChI is InChI=1S/C19H20N6O2/c1-11-15(17(21)18-19(22-11)24-27-23-18)7-12-3-4-13(9-20)16(8-12)26-14-5-6-25(2)10-14/h3-4,8,14H,5-7,10,21H2,1-2H3. The number of nitrogen functional groups attached to an aromatic ring is 1. The van der Waals surface area contributed by atoms with Crippen molar-refractivity contribution >= 4 is 16.9 Å². The Morgan fingerprint density at radius 1 is 1.41 bits per heavy atom. The fourth-order valence-electron chi connectivity index (χ4n) is 3.46. The van der Waals surface area contributed by atoms with Gasteiger partial charge < -0.3 is 15.4 Å². The zero-order valence-corrected chi connectivity index (χ0v) is 15.3. The van der Waals surface area contributed by atoms with Crippen molar-refractivity contribution in [2.75, 3.05) is 25.9 Å². The molecule has 1 aliphatic rings. The van der Waals surface area contributed by atoms with Gasteiger partial charge in [-0.2, -0.15) is 5.26 Å². The van der Waals surface area contributed by atoms with Gasteiger partial charge in [-0.05, 0) is 48.4 Å². The number of hydrogen-bond acceptors (Lipinski definition) is 8. The minimum atomic E-state index is 0.100. The van der Waals surface area contributed by atoms with E-state index in [4.69, 9.17) is 15.1 Å². The normalized spacial score (nSPS) is 17.3. The number of pyridine rings is 1. The molecule has 3 aromatic rings. The number of ether oxygens (including phenoxy) is 1. The van der Waals surface area contributed by atoms with E-state index in [1.165, 1.54) is 0 Å². The Balaban J connectivity index is 1.65. The summed E-state index contributed by atoms with van der Waals surface area (Å²) in [6.07, 6.45) is 1.61. The van der Waals surface area contributed by atoms with Crippen LogP contribution < -0.4 is 10.5 Å². The zero-order valence-electron chi connectivity index (χ0n) is 15.3. The molecule has 8 heteroatoms. The molecule has 0 amide bonds. The van der Waals surface area contributed by atoms with E-state index in [0.29, 0.717) is 34.6 Å². The zero-order chi connectivity index (χ0) is 19.0. The highest BCUT2D eigenvalue weighted by Gasteiger charge is 2.22. The molecule has 0 saturated carbocycles. The van der Waals surface area contributed by atoms with Gasteiger partial charge in [0.05, 0.1) is 11.3 Å². The quantitative estimate of drug-likeness (QED) is 0.748. The second kappa shape index (κ2) is 6.85. The molecular formula is C19H20N6O2. The number of rotatable bonds is 4. The van der Waals surface area contributed by atoms with Crippen LogP contribution in [0.15, 0.2) is 22.8 Å². The molecule has 3 heterocycles. The fraction of sp³-hybridized carbons (Fsp3) is 0.368. The van der Waals surface area contributed by atoms with E-state index in [9.17, 15) is 5.26 Å². The van der Waals surface area contributed by atoms with E-state index in [-0.39, 0.29) is 6.10 Å². The van der Waals surface area contributed by atoms with Crippen LogP contribution in [0.1, 0.15) is 28.8 Å². The molecule has 1 unspecified atom stereocenters. The summed E-state index contributed by atoms with van der Waals surface area (Å²) in [5.74, 6) is 0.615. The molecule has 0 bridgehead atoms. The van der Waals surface area contributed by atoms with E-state index < -0.39 is 0 Å². The third-order valence-electron chi connectivity index (χ3n) is 4.95. The third kappa shape index (κ3) is 3.29. The lowest BCUT2D eigenvalue weighted by molar-refractivity contribution is 0.207. The molecular weight excluding hydrogens is 344 g/mol. The van der Waals surface area contributed by atoms with Crippen LogP contribution in [0.5, 0.6) is 5.75 Å². The van der Waals surface area contributed by atoms with E-state index in [1.807, 2.05) is 19.1 Å². The van der Waals surface area contributed by atoms with Crippen molar-refractivity contribution in [2.24, 2.45) is 0 Å². The number of likely N-dealkylation sites (N-methyl/N-ethyl adjacent to an activating group) is 1. The number of anilines is 1. The SMILES string of the molecule is Cc1nc2nonc2c(N)c1Cc1ccc(C#N)c(OC2CCN(C)C2)c1. The van der Waals surface area contributed by atoms with E-state index >= 15 is 0 Å². The molecule has 0 radical (unpaired) electrons. The largest absolute Gasteiger partial charge is 0.488 e. The Hall–Kier alpha value is -3.18. The van der Waals surface area contributed by atoms with Crippen LogP contribution in [0.25, 0.3) is 11.2 Å². The Morgan fingerprint density at radius 3 is 3.00 bits per heavy atom. The molecule has 27 heavy (non-hydrogen) atoms. The number of nitriles is 1. The lowest BCUT2D eigenvalue weighted by atomic mass is 10.00. The summed E-state index contributed by atoms with van der Waals surface area (Å²) in [7, 11) is 2.07. The van der Waals surface area contributed by atoms with E-state index in [2.05, 4.69) is 33.3 Å². The number of hydrogen-bond donors (Lipinski definition) is 1. The molecule has 1 saturated heterocycles. The molecule has 0 aliphatic carbocycles. The first-order valence-corrected chi connectivity index (χ1v) is 8.80. The first kappa shape index (κ1) is 17.2. The van der Waals surface area contributed by atoms with Gasteiger partial charge >= 0.3 is 0 Å². The second-order valence-electron chi connectivity index (χ2n) is 6.94. The van der Waals surface area contributed by atoms with Gasteiger partial charge in [-0.3, -0.25) is 0 Å². The van der Waals surface area contributed by atoms with Crippen molar-refractivity contribution < 1.29 is 9.37 Å². The maximum Gasteiger partial charge on any atom is 0.226 e. The van der Waals surface area contributed by atoms with Gasteiger partial charge in [0.25, 0.3) is 0 Å². The molecule has 2 aromatic heterocycles. The van der Waals surface area contributed by atoms with E-state index in [0.717, 1.165) is 36.3 Å². The van der Waals surface area contributed by atoms with Crippen molar-refractivity contribution in [3.8, 4) is 11.8 Å². The van der Waals surface area contributed by atoms with Crippen molar-refractivity contribution in [3.63, 3.8) is 0 Å². The monoisotopic (exact) mass is 364 g/mol. The van der Waals surface area contributed by atoms with Crippen LogP contribution in [-0.4, -0.2) is 46.4 Å². The fourth-order valence-corrected chi connectivity index (χ4v) is 3.46. The first-order chi connectivity index (χ1) is 13.0. The molecule has 0 spiro atoms. The number of aromatic nitrogens is 3. The van der Waals surface area contributed by atoms with Gasteiger partial charge in [0, 0.05) is 30.8 Å². The maximum absolute atomic E-state index is 9.41. The smallest absolute Gasteiger partial charge is 0.226 e. The lowest BCUT2D eigenvalue weighted by Crippen LogP contribution is -2.21. The molecule has 1 fully saturated rings. The van der Waals surface area contributed by atoms with Crippen molar-refractivity contribution in [2.45, 2.75) is 25.9 Å². The molecule has 4 rings (SSSR count). The summed E-state index contributed by atoms with van der Waals surface area (Å²) in [5.41, 5.74) is 10.8. The number of nitrogens with zero attached hydrogens (tertiary/aromatic N) is 5. The number of aryl methyl sites for hydroxylation is 1. The van der Waals surface area contributed by atoms with Crippen LogP contribution in [0, 0.1) is 18.3 Å². The third-order valence-corrected chi connectivity index (χ3v) is 4.95. The highest BCUT2D eigenvalue weighted by atomic mass is 16.6. The Labute approximate surface area is 156 Å². The molecule has 2 N–H and O–H groups in total. The number of fused-ring (bicyclic) bond motifs is 1. The second-order valence-corrected chi connectivity index (χ2v) is 6.94. The Kier molecular flexibility index (Phi) is 4.38. The van der Waals surface area contributed by atoms with Crippen LogP contribution >= 0.6 is 0 Å². The summed E-state index contributed by atoms with van der Waals surface area (Å²) in [5, 5.41) is 17.0. The van der Waals surface area contributed by atoms with Crippen LogP contribution in [0.2, 0.25) is 0 Å². The van der Waals surface area contributed by atoms with Gasteiger partial charge in [-0.25, -0.2) is 9.61 Å². The lowest BCUT2D eigenvalue weighted by Gasteiger charge is -2.16. The average Bonchev–Trinajstić information content (AvgIpc) is 3.27. The summed E-state index contributed by atoms with van der Waals surface area (Å²) >= 11 is 0. The molecule has 1 aliphatic heterocycles. The van der Waals surface area contributed by atoms with Crippen LogP contribution in [0.3, 0.4) is 0 Å². The molecule has 1 atom stereocenters. The summed E-state index contributed by atoms with van der Waals surface area (Å²) in [6, 6.07) is 7.83. The van der Waals surface area contributed by atoms with Gasteiger partial charge in [0.2, 0.25) is 5.65 Å². The van der Waals surface area contributed by atoms with Crippen LogP contribution in [-0.2, 0) is 6.42 Å². The Bertz CT molecular complexity index is 1040. The summed E-state index contributed by atoms with van der Waals surface area (Å²) in [4.78, 5) is 6.62. The van der Waals surface area contributed by atoms with Gasteiger partial charge in [0.1, 0.15) is 17.9 Å². The molecule has 8 nitrogen and oxygen atoms in total. The van der Waals surface area contributed by atoms with Crippen molar-refractivity contribution in [3.05, 3.63) is 40.6 Å².